The first-order valence-corrected chi connectivity index (χ1v) is 6.99. The smallest absolute Gasteiger partial charge is 0.00103 e. The molecular formula is C14H29N. The number of hydrogen-bond acceptors (Lipinski definition) is 1. The Labute approximate surface area is 96.0 Å². The molecule has 1 N–H and O–H groups in total. The standard InChI is InChI=1S/C14H29N/c1-4-13(5-2)14(12-15-6-3)10-8-7-9-11-14/h13,15H,4-12H2,1-3H3. The quantitative estimate of drug-likeness (QED) is 0.700. The van der Waals surface area contributed by atoms with E-state index in [-0.39, 0.29) is 0 Å². The van der Waals surface area contributed by atoms with Gasteiger partial charge in [-0.05, 0) is 30.7 Å². The van der Waals surface area contributed by atoms with Crippen LogP contribution >= 0.6 is 0 Å². The van der Waals surface area contributed by atoms with E-state index in [4.69, 9.17) is 0 Å². The van der Waals surface area contributed by atoms with Gasteiger partial charge in [-0.3, -0.25) is 0 Å². The molecule has 0 atom stereocenters. The summed E-state index contributed by atoms with van der Waals surface area (Å²) in [4.78, 5) is 0. The van der Waals surface area contributed by atoms with Crippen molar-refractivity contribution in [2.45, 2.75) is 65.7 Å². The van der Waals surface area contributed by atoms with E-state index in [1.807, 2.05) is 0 Å². The Morgan fingerprint density at radius 2 is 1.60 bits per heavy atom. The van der Waals surface area contributed by atoms with Crippen LogP contribution in [0.15, 0.2) is 0 Å². The third-order valence-corrected chi connectivity index (χ3v) is 4.43. The second kappa shape index (κ2) is 6.52. The highest BCUT2D eigenvalue weighted by Gasteiger charge is 2.37. The van der Waals surface area contributed by atoms with Crippen molar-refractivity contribution in [3.05, 3.63) is 0 Å². The van der Waals surface area contributed by atoms with Crippen LogP contribution in [-0.2, 0) is 0 Å². The first-order chi connectivity index (χ1) is 7.29. The molecule has 1 rings (SSSR count). The lowest BCUT2D eigenvalue weighted by Gasteiger charge is -2.43. The van der Waals surface area contributed by atoms with Crippen molar-refractivity contribution >= 4 is 0 Å². The molecule has 0 radical (unpaired) electrons. The summed E-state index contributed by atoms with van der Waals surface area (Å²) in [5.41, 5.74) is 0.637. The van der Waals surface area contributed by atoms with Crippen molar-refractivity contribution < 1.29 is 0 Å². The maximum absolute atomic E-state index is 3.61. The summed E-state index contributed by atoms with van der Waals surface area (Å²) < 4.78 is 0. The number of hydrogen-bond donors (Lipinski definition) is 1. The van der Waals surface area contributed by atoms with Gasteiger partial charge >= 0.3 is 0 Å². The summed E-state index contributed by atoms with van der Waals surface area (Å²) in [5, 5.41) is 3.61. The molecule has 0 saturated heterocycles. The highest BCUT2D eigenvalue weighted by Crippen LogP contribution is 2.44. The van der Waals surface area contributed by atoms with Crippen molar-refractivity contribution in [2.24, 2.45) is 11.3 Å². The molecule has 0 unspecified atom stereocenters. The fourth-order valence-electron chi connectivity index (χ4n) is 3.51. The first kappa shape index (κ1) is 13.0. The molecule has 0 heterocycles. The zero-order valence-corrected chi connectivity index (χ0v) is 10.9. The molecule has 1 aliphatic rings. The summed E-state index contributed by atoms with van der Waals surface area (Å²) in [7, 11) is 0. The molecule has 0 aromatic carbocycles. The second-order valence-corrected chi connectivity index (χ2v) is 5.22. The molecule has 0 bridgehead atoms. The van der Waals surface area contributed by atoms with Gasteiger partial charge < -0.3 is 5.32 Å². The van der Waals surface area contributed by atoms with Crippen molar-refractivity contribution in [3.63, 3.8) is 0 Å². The van der Waals surface area contributed by atoms with Gasteiger partial charge in [0.05, 0.1) is 0 Å². The number of rotatable bonds is 6. The van der Waals surface area contributed by atoms with Crippen LogP contribution < -0.4 is 5.32 Å². The molecule has 0 spiro atoms. The summed E-state index contributed by atoms with van der Waals surface area (Å²) in [5.74, 6) is 0.942. The second-order valence-electron chi connectivity index (χ2n) is 5.22. The molecule has 15 heavy (non-hydrogen) atoms. The van der Waals surface area contributed by atoms with E-state index >= 15 is 0 Å². The van der Waals surface area contributed by atoms with Crippen molar-refractivity contribution in [3.8, 4) is 0 Å². The molecule has 1 fully saturated rings. The van der Waals surface area contributed by atoms with Crippen LogP contribution in [0.5, 0.6) is 0 Å². The van der Waals surface area contributed by atoms with E-state index in [0.29, 0.717) is 5.41 Å². The first-order valence-electron chi connectivity index (χ1n) is 6.99. The average Bonchev–Trinajstić information content (AvgIpc) is 2.29. The summed E-state index contributed by atoms with van der Waals surface area (Å²) in [6.45, 7) is 9.36. The Balaban J connectivity index is 2.64. The Bertz CT molecular complexity index is 155. The zero-order chi connectivity index (χ0) is 11.1. The monoisotopic (exact) mass is 211 g/mol. The van der Waals surface area contributed by atoms with E-state index in [9.17, 15) is 0 Å². The molecule has 1 aliphatic carbocycles. The van der Waals surface area contributed by atoms with Gasteiger partial charge in [-0.2, -0.15) is 0 Å². The minimum absolute atomic E-state index is 0.637. The molecule has 1 saturated carbocycles. The Morgan fingerprint density at radius 1 is 1.00 bits per heavy atom. The van der Waals surface area contributed by atoms with Crippen LogP contribution in [0, 0.1) is 11.3 Å². The van der Waals surface area contributed by atoms with Crippen LogP contribution in [0.3, 0.4) is 0 Å². The Hall–Kier alpha value is -0.0400. The Morgan fingerprint density at radius 3 is 2.07 bits per heavy atom. The topological polar surface area (TPSA) is 12.0 Å². The van der Waals surface area contributed by atoms with E-state index < -0.39 is 0 Å². The lowest BCUT2D eigenvalue weighted by atomic mass is 9.64. The maximum Gasteiger partial charge on any atom is 0.00103 e. The van der Waals surface area contributed by atoms with Gasteiger partial charge in [0.2, 0.25) is 0 Å². The van der Waals surface area contributed by atoms with E-state index in [1.165, 1.54) is 51.5 Å². The molecule has 0 aromatic heterocycles. The number of nitrogens with one attached hydrogen (secondary N) is 1. The van der Waals surface area contributed by atoms with Crippen LogP contribution in [0.25, 0.3) is 0 Å². The van der Waals surface area contributed by atoms with Gasteiger partial charge in [-0.1, -0.05) is 52.9 Å². The molecule has 0 aliphatic heterocycles. The molecule has 0 aromatic rings. The van der Waals surface area contributed by atoms with Gasteiger partial charge in [-0.25, -0.2) is 0 Å². The molecular weight excluding hydrogens is 182 g/mol. The van der Waals surface area contributed by atoms with Crippen LogP contribution in [-0.4, -0.2) is 13.1 Å². The molecule has 90 valence electrons. The van der Waals surface area contributed by atoms with Gasteiger partial charge in [-0.15, -0.1) is 0 Å². The third kappa shape index (κ3) is 3.21. The van der Waals surface area contributed by atoms with Gasteiger partial charge in [0.15, 0.2) is 0 Å². The fraction of sp³-hybridized carbons (Fsp3) is 1.00. The van der Waals surface area contributed by atoms with Crippen LogP contribution in [0.1, 0.15) is 65.7 Å². The van der Waals surface area contributed by atoms with Gasteiger partial charge in [0.25, 0.3) is 0 Å². The average molecular weight is 211 g/mol. The fourth-order valence-corrected chi connectivity index (χ4v) is 3.51. The minimum atomic E-state index is 0.637. The van der Waals surface area contributed by atoms with Crippen LogP contribution in [0.4, 0.5) is 0 Å². The van der Waals surface area contributed by atoms with Crippen molar-refractivity contribution in [1.82, 2.24) is 5.32 Å². The summed E-state index contributed by atoms with van der Waals surface area (Å²) in [6.07, 6.45) is 10.0. The van der Waals surface area contributed by atoms with Crippen molar-refractivity contribution in [1.29, 1.82) is 0 Å². The van der Waals surface area contributed by atoms with E-state index in [2.05, 4.69) is 26.1 Å². The highest BCUT2D eigenvalue weighted by atomic mass is 14.9. The Kier molecular flexibility index (Phi) is 5.66. The maximum atomic E-state index is 3.61. The summed E-state index contributed by atoms with van der Waals surface area (Å²) in [6, 6.07) is 0. The van der Waals surface area contributed by atoms with E-state index in [0.717, 1.165) is 12.5 Å². The van der Waals surface area contributed by atoms with Gasteiger partial charge in [0.1, 0.15) is 0 Å². The third-order valence-electron chi connectivity index (χ3n) is 4.43. The van der Waals surface area contributed by atoms with E-state index in [1.54, 1.807) is 0 Å². The minimum Gasteiger partial charge on any atom is -0.316 e. The predicted octanol–water partition coefficient (Wildman–Crippen LogP) is 3.98. The lowest BCUT2D eigenvalue weighted by Crippen LogP contribution is -2.41. The molecule has 0 amide bonds. The van der Waals surface area contributed by atoms with Crippen molar-refractivity contribution in [2.75, 3.05) is 13.1 Å². The largest absolute Gasteiger partial charge is 0.316 e. The SMILES string of the molecule is CCNCC1(C(CC)CC)CCCCC1. The molecule has 1 nitrogen and oxygen atoms in total. The zero-order valence-electron chi connectivity index (χ0n) is 10.9. The lowest BCUT2D eigenvalue weighted by molar-refractivity contribution is 0.0878. The predicted molar refractivity (Wildman–Crippen MR) is 68.1 cm³/mol. The normalized spacial score (nSPS) is 20.8. The molecule has 1 heteroatoms. The van der Waals surface area contributed by atoms with Gasteiger partial charge in [0, 0.05) is 6.54 Å². The van der Waals surface area contributed by atoms with Crippen LogP contribution in [0.2, 0.25) is 0 Å². The summed E-state index contributed by atoms with van der Waals surface area (Å²) >= 11 is 0. The highest BCUT2D eigenvalue weighted by molar-refractivity contribution is 4.89.